The molecule has 0 radical (unpaired) electrons. The van der Waals surface area contributed by atoms with E-state index in [1.807, 2.05) is 18.2 Å². The molecular formula is C28H31N4+. The summed E-state index contributed by atoms with van der Waals surface area (Å²) in [4.78, 5) is 0. The van der Waals surface area contributed by atoms with E-state index < -0.39 is 0 Å². The Hall–Kier alpha value is -3.58. The Morgan fingerprint density at radius 2 is 1.53 bits per heavy atom. The van der Waals surface area contributed by atoms with E-state index in [9.17, 15) is 5.26 Å². The molecule has 4 rings (SSSR count). The molecule has 0 aliphatic heterocycles. The average Bonchev–Trinajstić information content (AvgIpc) is 3.43. The van der Waals surface area contributed by atoms with Crippen molar-refractivity contribution in [3.63, 3.8) is 0 Å². The van der Waals surface area contributed by atoms with E-state index in [1.165, 1.54) is 22.5 Å². The maximum absolute atomic E-state index is 9.49. The first-order chi connectivity index (χ1) is 15.3. The van der Waals surface area contributed by atoms with Gasteiger partial charge in [-0.25, -0.2) is 4.57 Å². The van der Waals surface area contributed by atoms with Gasteiger partial charge in [0.05, 0.1) is 24.2 Å². The predicted molar refractivity (Wildman–Crippen MR) is 129 cm³/mol. The zero-order valence-corrected chi connectivity index (χ0v) is 19.8. The number of benzene rings is 2. The molecule has 4 heteroatoms. The third-order valence-electron chi connectivity index (χ3n) is 6.15. The number of hydrogen-bond acceptors (Lipinski definition) is 1. The molecule has 32 heavy (non-hydrogen) atoms. The molecule has 0 aliphatic rings. The largest absolute Gasteiger partial charge is 0.324 e. The number of imidazole rings is 1. The van der Waals surface area contributed by atoms with Gasteiger partial charge in [0.1, 0.15) is 18.1 Å². The van der Waals surface area contributed by atoms with Gasteiger partial charge in [0, 0.05) is 29.2 Å². The molecule has 0 amide bonds. The second kappa shape index (κ2) is 8.51. The van der Waals surface area contributed by atoms with Crippen LogP contribution in [0.4, 0.5) is 0 Å². The zero-order chi connectivity index (χ0) is 23.0. The number of nitrogens with zero attached hydrogens (tertiary/aromatic N) is 4. The van der Waals surface area contributed by atoms with Gasteiger partial charge < -0.3 is 4.57 Å². The lowest BCUT2D eigenvalue weighted by atomic mass is 9.91. The van der Waals surface area contributed by atoms with Crippen molar-refractivity contribution in [3.05, 3.63) is 89.5 Å². The minimum absolute atomic E-state index is 0.352. The fraction of sp³-hybridized carbons (Fsp3) is 0.286. The summed E-state index contributed by atoms with van der Waals surface area (Å²) in [5, 5.41) is 9.49. The molecule has 2 aromatic carbocycles. The van der Waals surface area contributed by atoms with E-state index >= 15 is 0 Å². The van der Waals surface area contributed by atoms with Crippen molar-refractivity contribution >= 4 is 0 Å². The van der Waals surface area contributed by atoms with Crippen molar-refractivity contribution in [2.45, 2.75) is 46.5 Å². The van der Waals surface area contributed by atoms with E-state index in [1.54, 1.807) is 0 Å². The predicted octanol–water partition coefficient (Wildman–Crippen LogP) is 6.19. The third kappa shape index (κ3) is 3.76. The van der Waals surface area contributed by atoms with Gasteiger partial charge in [0.15, 0.2) is 0 Å². The van der Waals surface area contributed by atoms with Crippen LogP contribution in [0.25, 0.3) is 22.8 Å². The summed E-state index contributed by atoms with van der Waals surface area (Å²) in [5.74, 6) is 1.78. The van der Waals surface area contributed by atoms with Crippen LogP contribution in [-0.2, 0) is 7.05 Å². The maximum Gasteiger partial charge on any atom is 0.294 e. The highest BCUT2D eigenvalue weighted by atomic mass is 15.1. The van der Waals surface area contributed by atoms with Crippen LogP contribution in [0.2, 0.25) is 0 Å². The molecule has 0 N–H and O–H groups in total. The molecule has 0 saturated heterocycles. The van der Waals surface area contributed by atoms with E-state index in [-0.39, 0.29) is 0 Å². The monoisotopic (exact) mass is 423 g/mol. The lowest BCUT2D eigenvalue weighted by molar-refractivity contribution is -0.659. The van der Waals surface area contributed by atoms with Gasteiger partial charge in [-0.2, -0.15) is 9.83 Å². The second-order valence-electron chi connectivity index (χ2n) is 9.12. The fourth-order valence-corrected chi connectivity index (χ4v) is 4.39. The van der Waals surface area contributed by atoms with Crippen molar-refractivity contribution in [1.82, 2.24) is 9.13 Å². The molecular weight excluding hydrogens is 392 g/mol. The minimum Gasteiger partial charge on any atom is -0.324 e. The summed E-state index contributed by atoms with van der Waals surface area (Å²) in [5.41, 5.74) is 7.96. The van der Waals surface area contributed by atoms with Gasteiger partial charge >= 0.3 is 0 Å². The van der Waals surface area contributed by atoms with E-state index in [4.69, 9.17) is 0 Å². The van der Waals surface area contributed by atoms with Gasteiger partial charge in [-0.05, 0) is 60.7 Å². The van der Waals surface area contributed by atoms with Gasteiger partial charge in [-0.3, -0.25) is 0 Å². The van der Waals surface area contributed by atoms with Crippen LogP contribution < -0.4 is 4.57 Å². The topological polar surface area (TPSA) is 37.5 Å². The Kier molecular flexibility index (Phi) is 5.76. The van der Waals surface area contributed by atoms with E-state index in [2.05, 4.69) is 110 Å². The van der Waals surface area contributed by atoms with Crippen LogP contribution in [0.1, 0.15) is 61.8 Å². The first-order valence-electron chi connectivity index (χ1n) is 11.2. The maximum atomic E-state index is 9.49. The minimum atomic E-state index is 0.352. The second-order valence-corrected chi connectivity index (χ2v) is 9.12. The Bertz CT molecular complexity index is 1270. The molecule has 4 nitrogen and oxygen atoms in total. The SMILES string of the molecule is Cc1ccc(C#N)cc1-c1n(-c2c(C(C)C)cc(-n3cccc3)cc2C(C)C)cc[n+]1C. The molecule has 0 aliphatic carbocycles. The van der Waals surface area contributed by atoms with Crippen molar-refractivity contribution in [2.75, 3.05) is 0 Å². The lowest BCUT2D eigenvalue weighted by Crippen LogP contribution is -2.29. The standard InChI is InChI=1S/C28H31N4/c1-19(2)24-16-23(31-11-7-8-12-31)17-25(20(3)4)27(24)32-14-13-30(6)28(32)26-15-22(18-29)10-9-21(26)5/h7-17,19-20H,1-6H3/q+1. The Morgan fingerprint density at radius 1 is 0.906 bits per heavy atom. The van der Waals surface area contributed by atoms with Gasteiger partial charge in [-0.1, -0.05) is 33.8 Å². The van der Waals surface area contributed by atoms with Crippen molar-refractivity contribution < 1.29 is 4.57 Å². The molecule has 4 aromatic rings. The zero-order valence-electron chi connectivity index (χ0n) is 19.8. The quantitative estimate of drug-likeness (QED) is 0.353. The van der Waals surface area contributed by atoms with Crippen LogP contribution in [0.5, 0.6) is 0 Å². The summed E-state index contributed by atoms with van der Waals surface area (Å²) in [6.45, 7) is 11.1. The summed E-state index contributed by atoms with van der Waals surface area (Å²) in [6.07, 6.45) is 8.44. The fourth-order valence-electron chi connectivity index (χ4n) is 4.39. The highest BCUT2D eigenvalue weighted by Crippen LogP contribution is 2.36. The molecule has 0 saturated carbocycles. The number of hydrogen-bond donors (Lipinski definition) is 0. The van der Waals surface area contributed by atoms with Crippen molar-refractivity contribution in [2.24, 2.45) is 7.05 Å². The smallest absolute Gasteiger partial charge is 0.294 e. The Morgan fingerprint density at radius 3 is 2.09 bits per heavy atom. The van der Waals surface area contributed by atoms with Crippen LogP contribution in [-0.4, -0.2) is 9.13 Å². The molecule has 0 bridgehead atoms. The van der Waals surface area contributed by atoms with Gasteiger partial charge in [-0.15, -0.1) is 0 Å². The third-order valence-corrected chi connectivity index (χ3v) is 6.15. The summed E-state index contributed by atoms with van der Waals surface area (Å²) in [6, 6.07) is 17.0. The van der Waals surface area contributed by atoms with Gasteiger partial charge in [0.25, 0.3) is 5.82 Å². The summed E-state index contributed by atoms with van der Waals surface area (Å²) in [7, 11) is 2.07. The Labute approximate surface area is 191 Å². The summed E-state index contributed by atoms with van der Waals surface area (Å²) >= 11 is 0. The van der Waals surface area contributed by atoms with Gasteiger partial charge in [0.2, 0.25) is 0 Å². The van der Waals surface area contributed by atoms with Crippen LogP contribution in [0.15, 0.2) is 67.3 Å². The number of aromatic nitrogens is 3. The molecule has 0 fully saturated rings. The average molecular weight is 424 g/mol. The van der Waals surface area contributed by atoms with Crippen LogP contribution in [0.3, 0.4) is 0 Å². The first-order valence-corrected chi connectivity index (χ1v) is 11.2. The molecule has 162 valence electrons. The highest BCUT2D eigenvalue weighted by Gasteiger charge is 2.27. The normalized spacial score (nSPS) is 11.3. The van der Waals surface area contributed by atoms with E-state index in [0.29, 0.717) is 17.4 Å². The number of rotatable bonds is 5. The van der Waals surface area contributed by atoms with Crippen molar-refractivity contribution in [1.29, 1.82) is 5.26 Å². The molecule has 0 spiro atoms. The molecule has 2 aromatic heterocycles. The molecule has 0 atom stereocenters. The molecule has 0 unspecified atom stereocenters. The van der Waals surface area contributed by atoms with Crippen LogP contribution in [0, 0.1) is 18.3 Å². The summed E-state index contributed by atoms with van der Waals surface area (Å²) < 4.78 is 6.64. The Balaban J connectivity index is 2.05. The highest BCUT2D eigenvalue weighted by molar-refractivity contribution is 5.66. The number of aryl methyl sites for hydroxylation is 2. The number of nitriles is 1. The van der Waals surface area contributed by atoms with Crippen LogP contribution >= 0.6 is 0 Å². The first kappa shape index (κ1) is 21.6. The van der Waals surface area contributed by atoms with Crippen molar-refractivity contribution in [3.8, 4) is 28.8 Å². The lowest BCUT2D eigenvalue weighted by Gasteiger charge is -2.20. The molecule has 2 heterocycles. The van der Waals surface area contributed by atoms with E-state index in [0.717, 1.165) is 17.0 Å².